The minimum atomic E-state index is -0.565. The molecule has 0 aliphatic carbocycles. The monoisotopic (exact) mass is 256 g/mol. The van der Waals surface area contributed by atoms with Gasteiger partial charge in [-0.1, -0.05) is 19.4 Å². The van der Waals surface area contributed by atoms with Crippen molar-refractivity contribution in [2.45, 2.75) is 47.5 Å². The van der Waals surface area contributed by atoms with E-state index in [1.165, 1.54) is 0 Å². The van der Waals surface area contributed by atoms with Crippen LogP contribution < -0.4 is 0 Å². The first kappa shape index (κ1) is 16.7. The Morgan fingerprint density at radius 2 is 1.72 bits per heavy atom. The Labute approximate surface area is 109 Å². The van der Waals surface area contributed by atoms with E-state index < -0.39 is 11.4 Å². The van der Waals surface area contributed by atoms with E-state index in [9.17, 15) is 9.59 Å². The maximum absolute atomic E-state index is 11.6. The van der Waals surface area contributed by atoms with Crippen LogP contribution in [-0.4, -0.2) is 25.2 Å². The van der Waals surface area contributed by atoms with Gasteiger partial charge in [-0.05, 0) is 34.1 Å². The number of carbonyl (C=O) groups is 2. The highest BCUT2D eigenvalue weighted by molar-refractivity contribution is 5.89. The standard InChI is InChI=1S/C14H24O4/c1-6-8-9-11(12(15)17-7-2)10-18-13(16)14(3,4)5/h9H,6-8,10H2,1-5H3. The van der Waals surface area contributed by atoms with Gasteiger partial charge in [0.2, 0.25) is 0 Å². The minimum Gasteiger partial charge on any atom is -0.463 e. The van der Waals surface area contributed by atoms with E-state index in [0.29, 0.717) is 12.2 Å². The van der Waals surface area contributed by atoms with Crippen LogP contribution in [0.3, 0.4) is 0 Å². The van der Waals surface area contributed by atoms with Gasteiger partial charge >= 0.3 is 11.9 Å². The molecule has 0 spiro atoms. The lowest BCUT2D eigenvalue weighted by molar-refractivity contribution is -0.152. The quantitative estimate of drug-likeness (QED) is 0.541. The molecule has 0 unspecified atom stereocenters. The molecule has 0 aliphatic rings. The highest BCUT2D eigenvalue weighted by atomic mass is 16.5. The van der Waals surface area contributed by atoms with Crippen molar-refractivity contribution in [2.24, 2.45) is 5.41 Å². The van der Waals surface area contributed by atoms with E-state index in [1.807, 2.05) is 6.92 Å². The van der Waals surface area contributed by atoms with Crippen molar-refractivity contribution in [3.8, 4) is 0 Å². The third-order valence-corrected chi connectivity index (χ3v) is 2.19. The zero-order valence-electron chi connectivity index (χ0n) is 12.0. The number of hydrogen-bond donors (Lipinski definition) is 0. The summed E-state index contributed by atoms with van der Waals surface area (Å²) >= 11 is 0. The number of carbonyl (C=O) groups excluding carboxylic acids is 2. The highest BCUT2D eigenvalue weighted by Gasteiger charge is 2.24. The molecule has 0 heterocycles. The summed E-state index contributed by atoms with van der Waals surface area (Å²) in [4.78, 5) is 23.3. The molecular weight excluding hydrogens is 232 g/mol. The van der Waals surface area contributed by atoms with Gasteiger partial charge in [-0.3, -0.25) is 4.79 Å². The van der Waals surface area contributed by atoms with E-state index in [0.717, 1.165) is 12.8 Å². The van der Waals surface area contributed by atoms with Crippen molar-refractivity contribution in [2.75, 3.05) is 13.2 Å². The van der Waals surface area contributed by atoms with Gasteiger partial charge in [-0.15, -0.1) is 0 Å². The van der Waals surface area contributed by atoms with Crippen LogP contribution in [0.5, 0.6) is 0 Å². The molecule has 0 rings (SSSR count). The summed E-state index contributed by atoms with van der Waals surface area (Å²) in [7, 11) is 0. The van der Waals surface area contributed by atoms with Gasteiger partial charge in [0.05, 0.1) is 17.6 Å². The first-order chi connectivity index (χ1) is 8.32. The van der Waals surface area contributed by atoms with Crippen LogP contribution in [0.15, 0.2) is 11.6 Å². The molecule has 0 saturated carbocycles. The molecular formula is C14H24O4. The van der Waals surface area contributed by atoms with Crippen LogP contribution in [0.1, 0.15) is 47.5 Å². The Hall–Kier alpha value is -1.32. The number of allylic oxidation sites excluding steroid dienone is 1. The number of ether oxygens (including phenoxy) is 2. The first-order valence-corrected chi connectivity index (χ1v) is 6.36. The second-order valence-corrected chi connectivity index (χ2v) is 5.06. The topological polar surface area (TPSA) is 52.6 Å². The largest absolute Gasteiger partial charge is 0.463 e. The van der Waals surface area contributed by atoms with E-state index >= 15 is 0 Å². The Bertz CT molecular complexity index is 310. The van der Waals surface area contributed by atoms with Crippen molar-refractivity contribution < 1.29 is 19.1 Å². The van der Waals surface area contributed by atoms with Gasteiger partial charge in [0.1, 0.15) is 6.61 Å². The fraction of sp³-hybridized carbons (Fsp3) is 0.714. The average molecular weight is 256 g/mol. The summed E-state index contributed by atoms with van der Waals surface area (Å²) in [6, 6.07) is 0. The number of rotatable bonds is 6. The van der Waals surface area contributed by atoms with E-state index in [4.69, 9.17) is 9.47 Å². The lowest BCUT2D eigenvalue weighted by Gasteiger charge is -2.17. The maximum Gasteiger partial charge on any atom is 0.337 e. The molecule has 0 fully saturated rings. The van der Waals surface area contributed by atoms with Crippen molar-refractivity contribution in [1.29, 1.82) is 0 Å². The lowest BCUT2D eigenvalue weighted by atomic mass is 9.97. The van der Waals surface area contributed by atoms with E-state index in [2.05, 4.69) is 0 Å². The molecule has 0 saturated heterocycles. The molecule has 18 heavy (non-hydrogen) atoms. The van der Waals surface area contributed by atoms with Gasteiger partial charge in [-0.2, -0.15) is 0 Å². The van der Waals surface area contributed by atoms with Crippen LogP contribution in [0.2, 0.25) is 0 Å². The zero-order valence-corrected chi connectivity index (χ0v) is 12.0. The second-order valence-electron chi connectivity index (χ2n) is 5.06. The lowest BCUT2D eigenvalue weighted by Crippen LogP contribution is -2.25. The van der Waals surface area contributed by atoms with Crippen molar-refractivity contribution in [1.82, 2.24) is 0 Å². The van der Waals surface area contributed by atoms with Gasteiger partial charge in [-0.25, -0.2) is 4.79 Å². The molecule has 0 radical (unpaired) electrons. The Balaban J connectivity index is 4.52. The Morgan fingerprint density at radius 1 is 1.11 bits per heavy atom. The smallest absolute Gasteiger partial charge is 0.337 e. The van der Waals surface area contributed by atoms with Gasteiger partial charge in [0, 0.05) is 0 Å². The summed E-state index contributed by atoms with van der Waals surface area (Å²) in [5.41, 5.74) is -0.152. The van der Waals surface area contributed by atoms with Gasteiger partial charge < -0.3 is 9.47 Å². The first-order valence-electron chi connectivity index (χ1n) is 6.36. The molecule has 4 heteroatoms. The third-order valence-electron chi connectivity index (χ3n) is 2.19. The fourth-order valence-electron chi connectivity index (χ4n) is 1.10. The van der Waals surface area contributed by atoms with E-state index in [-0.39, 0.29) is 12.6 Å². The number of esters is 2. The van der Waals surface area contributed by atoms with Crippen molar-refractivity contribution in [3.05, 3.63) is 11.6 Å². The van der Waals surface area contributed by atoms with E-state index in [1.54, 1.807) is 33.8 Å². The normalized spacial score (nSPS) is 12.2. The molecule has 0 bridgehead atoms. The molecule has 0 aromatic heterocycles. The van der Waals surface area contributed by atoms with Crippen LogP contribution in [0.25, 0.3) is 0 Å². The zero-order chi connectivity index (χ0) is 14.2. The van der Waals surface area contributed by atoms with Crippen LogP contribution in [-0.2, 0) is 19.1 Å². The van der Waals surface area contributed by atoms with Crippen LogP contribution in [0.4, 0.5) is 0 Å². The highest BCUT2D eigenvalue weighted by Crippen LogP contribution is 2.16. The molecule has 4 nitrogen and oxygen atoms in total. The molecule has 0 N–H and O–H groups in total. The van der Waals surface area contributed by atoms with Crippen molar-refractivity contribution in [3.63, 3.8) is 0 Å². The van der Waals surface area contributed by atoms with Gasteiger partial charge in [0.25, 0.3) is 0 Å². The second kappa shape index (κ2) is 7.90. The summed E-state index contributed by atoms with van der Waals surface area (Å²) in [5.74, 6) is -0.734. The maximum atomic E-state index is 11.6. The van der Waals surface area contributed by atoms with Crippen LogP contribution in [0, 0.1) is 5.41 Å². The summed E-state index contributed by atoms with van der Waals surface area (Å²) in [5, 5.41) is 0. The van der Waals surface area contributed by atoms with Crippen molar-refractivity contribution >= 4 is 11.9 Å². The molecule has 0 amide bonds. The molecule has 0 aromatic rings. The molecule has 0 aromatic carbocycles. The fourth-order valence-corrected chi connectivity index (χ4v) is 1.10. The summed E-state index contributed by atoms with van der Waals surface area (Å²) in [6.45, 7) is 9.38. The SMILES string of the molecule is CCCC=C(COC(=O)C(C)(C)C)C(=O)OCC. The Morgan fingerprint density at radius 3 is 2.17 bits per heavy atom. The average Bonchev–Trinajstić information content (AvgIpc) is 2.27. The third kappa shape index (κ3) is 6.42. The Kier molecular flexibility index (Phi) is 7.32. The summed E-state index contributed by atoms with van der Waals surface area (Å²) < 4.78 is 10.0. The van der Waals surface area contributed by atoms with Gasteiger partial charge in [0.15, 0.2) is 0 Å². The predicted octanol–water partition coefficient (Wildman–Crippen LogP) is 2.87. The minimum absolute atomic E-state index is 0.0189. The van der Waals surface area contributed by atoms with Crippen LogP contribution >= 0.6 is 0 Å². The number of unbranched alkanes of at least 4 members (excludes halogenated alkanes) is 1. The number of hydrogen-bond acceptors (Lipinski definition) is 4. The molecule has 104 valence electrons. The predicted molar refractivity (Wildman–Crippen MR) is 70.0 cm³/mol. The molecule has 0 aliphatic heterocycles. The molecule has 0 atom stereocenters. The summed E-state index contributed by atoms with van der Waals surface area (Å²) in [6.07, 6.45) is 3.46.